The first kappa shape index (κ1) is 16.1. The van der Waals surface area contributed by atoms with Crippen molar-refractivity contribution in [2.75, 3.05) is 5.32 Å². The van der Waals surface area contributed by atoms with Crippen molar-refractivity contribution in [1.29, 1.82) is 0 Å². The second-order valence-electron chi connectivity index (χ2n) is 9.00. The van der Waals surface area contributed by atoms with Gasteiger partial charge in [-0.25, -0.2) is 0 Å². The van der Waals surface area contributed by atoms with Crippen LogP contribution in [-0.4, -0.2) is 10.7 Å². The number of thiocarbonyl (C=S) groups is 1. The molecule has 124 valence electrons. The molecule has 4 aliphatic carbocycles. The highest BCUT2D eigenvalue weighted by atomic mass is 127. The standard InChI is InChI=1S/C19H25IN2S/c1-17-7-13-8-18(2,10-17)12-19(9-13,11-17)22-16(23)21-15-5-3-4-14(20)6-15/h3-6,13H,7-12H2,1-2H3,(H2,21,22,23). The lowest BCUT2D eigenvalue weighted by molar-refractivity contribution is -0.111. The number of anilines is 1. The Balaban J connectivity index is 1.51. The van der Waals surface area contributed by atoms with E-state index in [9.17, 15) is 0 Å². The van der Waals surface area contributed by atoms with Gasteiger partial charge in [0.1, 0.15) is 0 Å². The van der Waals surface area contributed by atoms with Gasteiger partial charge in [0.15, 0.2) is 5.11 Å². The molecule has 0 aromatic heterocycles. The summed E-state index contributed by atoms with van der Waals surface area (Å²) in [5, 5.41) is 7.95. The summed E-state index contributed by atoms with van der Waals surface area (Å²) in [7, 11) is 0. The first-order valence-corrected chi connectivity index (χ1v) is 10.1. The summed E-state index contributed by atoms with van der Waals surface area (Å²) in [5.74, 6) is 0.884. The van der Waals surface area contributed by atoms with E-state index < -0.39 is 0 Å². The van der Waals surface area contributed by atoms with Gasteiger partial charge in [-0.15, -0.1) is 0 Å². The second-order valence-corrected chi connectivity index (χ2v) is 10.7. The van der Waals surface area contributed by atoms with Gasteiger partial charge < -0.3 is 10.6 Å². The van der Waals surface area contributed by atoms with Gasteiger partial charge in [-0.2, -0.15) is 0 Å². The van der Waals surface area contributed by atoms with Gasteiger partial charge in [-0.3, -0.25) is 0 Å². The van der Waals surface area contributed by atoms with Crippen LogP contribution in [0.5, 0.6) is 0 Å². The molecule has 5 rings (SSSR count). The number of nitrogens with one attached hydrogen (secondary N) is 2. The zero-order chi connectivity index (χ0) is 16.3. The van der Waals surface area contributed by atoms with Crippen LogP contribution in [0.15, 0.2) is 24.3 Å². The lowest BCUT2D eigenvalue weighted by atomic mass is 9.43. The van der Waals surface area contributed by atoms with E-state index in [1.54, 1.807) is 0 Å². The molecule has 2 unspecified atom stereocenters. The van der Waals surface area contributed by atoms with Crippen LogP contribution in [0.3, 0.4) is 0 Å². The molecule has 0 spiro atoms. The van der Waals surface area contributed by atoms with Crippen LogP contribution in [0.25, 0.3) is 0 Å². The number of hydrogen-bond donors (Lipinski definition) is 2. The van der Waals surface area contributed by atoms with E-state index in [1.807, 2.05) is 0 Å². The Morgan fingerprint density at radius 3 is 2.43 bits per heavy atom. The first-order chi connectivity index (χ1) is 10.8. The van der Waals surface area contributed by atoms with Crippen molar-refractivity contribution in [3.8, 4) is 0 Å². The van der Waals surface area contributed by atoms with Crippen molar-refractivity contribution in [3.05, 3.63) is 27.8 Å². The maximum absolute atomic E-state index is 5.66. The zero-order valence-corrected chi connectivity index (χ0v) is 16.9. The van der Waals surface area contributed by atoms with E-state index in [2.05, 4.69) is 71.3 Å². The van der Waals surface area contributed by atoms with Gasteiger partial charge in [0.05, 0.1) is 0 Å². The third-order valence-electron chi connectivity index (χ3n) is 6.09. The molecule has 4 aliphatic rings. The van der Waals surface area contributed by atoms with Gasteiger partial charge in [0.2, 0.25) is 0 Å². The van der Waals surface area contributed by atoms with Crippen molar-refractivity contribution >= 4 is 45.6 Å². The van der Waals surface area contributed by atoms with Gasteiger partial charge in [0.25, 0.3) is 0 Å². The molecule has 0 radical (unpaired) electrons. The van der Waals surface area contributed by atoms with E-state index in [4.69, 9.17) is 12.2 Å². The molecule has 4 bridgehead atoms. The number of halogens is 1. The second kappa shape index (κ2) is 5.32. The molecule has 0 saturated heterocycles. The predicted octanol–water partition coefficient (Wildman–Crippen LogP) is 5.33. The third kappa shape index (κ3) is 3.13. The van der Waals surface area contributed by atoms with Crippen LogP contribution >= 0.6 is 34.8 Å². The summed E-state index contributed by atoms with van der Waals surface area (Å²) < 4.78 is 1.23. The SMILES string of the molecule is CC12CC3CC(C)(C1)CC(NC(=S)Nc1cccc(I)c1)(C3)C2. The van der Waals surface area contributed by atoms with Gasteiger partial charge >= 0.3 is 0 Å². The minimum Gasteiger partial charge on any atom is -0.357 e. The summed E-state index contributed by atoms with van der Waals surface area (Å²) in [5.41, 5.74) is 2.32. The summed E-state index contributed by atoms with van der Waals surface area (Å²) in [6.45, 7) is 5.00. The van der Waals surface area contributed by atoms with Crippen LogP contribution in [0, 0.1) is 20.3 Å². The van der Waals surface area contributed by atoms with Crippen LogP contribution in [0.2, 0.25) is 0 Å². The van der Waals surface area contributed by atoms with Crippen molar-refractivity contribution in [1.82, 2.24) is 5.32 Å². The Bertz CT molecular complexity index is 641. The Morgan fingerprint density at radius 1 is 1.13 bits per heavy atom. The normalized spacial score (nSPS) is 40.9. The number of rotatable bonds is 2. The predicted molar refractivity (Wildman–Crippen MR) is 109 cm³/mol. The summed E-state index contributed by atoms with van der Waals surface area (Å²) >= 11 is 8.00. The number of benzene rings is 1. The molecule has 4 heteroatoms. The molecule has 23 heavy (non-hydrogen) atoms. The molecule has 0 amide bonds. The van der Waals surface area contributed by atoms with Crippen LogP contribution in [-0.2, 0) is 0 Å². The molecular weight excluding hydrogens is 415 g/mol. The lowest BCUT2D eigenvalue weighted by Crippen LogP contribution is -2.65. The average Bonchev–Trinajstić information content (AvgIpc) is 2.32. The zero-order valence-electron chi connectivity index (χ0n) is 13.9. The highest BCUT2D eigenvalue weighted by Crippen LogP contribution is 2.66. The van der Waals surface area contributed by atoms with Crippen LogP contribution in [0.1, 0.15) is 52.4 Å². The largest absolute Gasteiger partial charge is 0.357 e. The molecule has 4 saturated carbocycles. The minimum atomic E-state index is 0.217. The molecule has 2 atom stereocenters. The lowest BCUT2D eigenvalue weighted by Gasteiger charge is -2.65. The molecule has 2 nitrogen and oxygen atoms in total. The smallest absolute Gasteiger partial charge is 0.171 e. The van der Waals surface area contributed by atoms with E-state index in [1.165, 1.54) is 42.1 Å². The third-order valence-corrected chi connectivity index (χ3v) is 6.96. The highest BCUT2D eigenvalue weighted by molar-refractivity contribution is 14.1. The number of hydrogen-bond acceptors (Lipinski definition) is 1. The molecule has 0 aliphatic heterocycles. The quantitative estimate of drug-likeness (QED) is 0.481. The van der Waals surface area contributed by atoms with Crippen molar-refractivity contribution in [3.63, 3.8) is 0 Å². The van der Waals surface area contributed by atoms with Gasteiger partial charge in [-0.05, 0) is 108 Å². The molecule has 4 fully saturated rings. The van der Waals surface area contributed by atoms with Crippen molar-refractivity contribution in [2.45, 2.75) is 57.9 Å². The molecule has 0 heterocycles. The monoisotopic (exact) mass is 440 g/mol. The molecular formula is C19H25IN2S. The molecule has 1 aromatic carbocycles. The maximum Gasteiger partial charge on any atom is 0.171 e. The molecule has 2 N–H and O–H groups in total. The van der Waals surface area contributed by atoms with Gasteiger partial charge in [0, 0.05) is 14.8 Å². The van der Waals surface area contributed by atoms with Crippen molar-refractivity contribution in [2.24, 2.45) is 16.7 Å². The Labute approximate surface area is 158 Å². The average molecular weight is 440 g/mol. The summed E-state index contributed by atoms with van der Waals surface area (Å²) in [4.78, 5) is 0. The Kier molecular flexibility index (Phi) is 3.73. The Hall–Kier alpha value is -0.360. The fourth-order valence-electron chi connectivity index (χ4n) is 6.56. The Morgan fingerprint density at radius 2 is 1.83 bits per heavy atom. The first-order valence-electron chi connectivity index (χ1n) is 8.62. The summed E-state index contributed by atoms with van der Waals surface area (Å²) in [6, 6.07) is 8.39. The van der Waals surface area contributed by atoms with E-state index in [0.29, 0.717) is 10.8 Å². The molecule has 1 aromatic rings. The van der Waals surface area contributed by atoms with E-state index in [0.717, 1.165) is 16.7 Å². The van der Waals surface area contributed by atoms with Crippen LogP contribution < -0.4 is 10.6 Å². The summed E-state index contributed by atoms with van der Waals surface area (Å²) in [6.07, 6.45) is 8.09. The van der Waals surface area contributed by atoms with E-state index in [-0.39, 0.29) is 5.54 Å². The van der Waals surface area contributed by atoms with Crippen LogP contribution in [0.4, 0.5) is 5.69 Å². The fraction of sp³-hybridized carbons (Fsp3) is 0.632. The van der Waals surface area contributed by atoms with Gasteiger partial charge in [-0.1, -0.05) is 19.9 Å². The van der Waals surface area contributed by atoms with Crippen molar-refractivity contribution < 1.29 is 0 Å². The minimum absolute atomic E-state index is 0.217. The maximum atomic E-state index is 5.66. The topological polar surface area (TPSA) is 24.1 Å². The fourth-order valence-corrected chi connectivity index (χ4v) is 7.43. The highest BCUT2D eigenvalue weighted by Gasteiger charge is 2.60. The van der Waals surface area contributed by atoms with E-state index >= 15 is 0 Å².